The van der Waals surface area contributed by atoms with Crippen LogP contribution in [0.1, 0.15) is 369 Å². The number of esters is 4. The van der Waals surface area contributed by atoms with E-state index in [4.69, 9.17) is 37.0 Å². The van der Waals surface area contributed by atoms with E-state index in [1.165, 1.54) is 180 Å². The Bertz CT molecular complexity index is 1770. The van der Waals surface area contributed by atoms with Crippen molar-refractivity contribution in [3.05, 3.63) is 0 Å². The maximum Gasteiger partial charge on any atom is 0.472 e. The fraction of sp³-hybridized carbons (Fsp3) is 0.944. The molecule has 0 spiro atoms. The number of phosphoric acid groups is 2. The number of rotatable bonds is 71. The minimum absolute atomic E-state index is 0.106. The van der Waals surface area contributed by atoms with Gasteiger partial charge in [0.05, 0.1) is 26.4 Å². The van der Waals surface area contributed by atoms with E-state index < -0.39 is 97.5 Å². The first-order valence-electron chi connectivity index (χ1n) is 37.5. The Labute approximate surface area is 556 Å². The molecule has 0 bridgehead atoms. The molecule has 0 aromatic carbocycles. The first-order valence-corrected chi connectivity index (χ1v) is 40.5. The van der Waals surface area contributed by atoms with E-state index in [1.54, 1.807) is 0 Å². The van der Waals surface area contributed by atoms with Crippen molar-refractivity contribution in [2.75, 3.05) is 39.6 Å². The summed E-state index contributed by atoms with van der Waals surface area (Å²) >= 11 is 0. The van der Waals surface area contributed by atoms with Gasteiger partial charge in [-0.05, 0) is 37.5 Å². The summed E-state index contributed by atoms with van der Waals surface area (Å²) in [7, 11) is -9.90. The van der Waals surface area contributed by atoms with Crippen LogP contribution < -0.4 is 0 Å². The topological polar surface area (TPSA) is 237 Å². The van der Waals surface area contributed by atoms with Crippen molar-refractivity contribution in [1.82, 2.24) is 0 Å². The Hall–Kier alpha value is -1.94. The van der Waals surface area contributed by atoms with Gasteiger partial charge in [0.15, 0.2) is 12.2 Å². The van der Waals surface area contributed by atoms with Crippen LogP contribution in [0.15, 0.2) is 0 Å². The van der Waals surface area contributed by atoms with Gasteiger partial charge in [0.25, 0.3) is 0 Å². The lowest BCUT2D eigenvalue weighted by atomic mass is 10.0. The maximum absolute atomic E-state index is 13.0. The molecule has 5 atom stereocenters. The lowest BCUT2D eigenvalue weighted by molar-refractivity contribution is -0.161. The number of hydrogen-bond donors (Lipinski definition) is 3. The van der Waals surface area contributed by atoms with E-state index >= 15 is 0 Å². The third-order valence-corrected chi connectivity index (χ3v) is 18.6. The number of carbonyl (C=O) groups excluding carboxylic acids is 4. The molecule has 0 fully saturated rings. The Morgan fingerprint density at radius 3 is 0.747 bits per heavy atom. The lowest BCUT2D eigenvalue weighted by Gasteiger charge is -2.21. The summed E-state index contributed by atoms with van der Waals surface area (Å²) in [6.45, 7) is 9.53. The Morgan fingerprint density at radius 1 is 0.297 bits per heavy atom. The number of carbonyl (C=O) groups is 4. The van der Waals surface area contributed by atoms with Crippen LogP contribution in [0.25, 0.3) is 0 Å². The third-order valence-electron chi connectivity index (χ3n) is 16.7. The normalized spacial score (nSPS) is 14.1. The molecule has 3 N–H and O–H groups in total. The van der Waals surface area contributed by atoms with Crippen LogP contribution in [0.2, 0.25) is 0 Å². The Balaban J connectivity index is 5.24. The van der Waals surface area contributed by atoms with Crippen molar-refractivity contribution >= 4 is 39.5 Å². The largest absolute Gasteiger partial charge is 0.472 e. The summed E-state index contributed by atoms with van der Waals surface area (Å²) in [4.78, 5) is 72.6. The molecule has 0 heterocycles. The van der Waals surface area contributed by atoms with Gasteiger partial charge in [-0.2, -0.15) is 0 Å². The Kier molecular flexibility index (Phi) is 62.7. The number of ether oxygens (including phenoxy) is 4. The molecule has 0 aliphatic carbocycles. The molecule has 540 valence electrons. The standard InChI is InChI=1S/C72H140O17P2/c1-7-9-11-13-15-17-19-22-27-30-36-42-48-54-69(74)82-60-67(88-72(77)57-51-45-38-32-28-24-21-20-23-26-29-34-40-46-52-64(3)4)62-86-90(78,79)84-58-66(73)59-85-91(80,81)87-63-68(61-83-70(75)55-49-43-39-33-35-41-47-53-65(5)6)89-71(76)56-50-44-37-31-25-18-16-14-12-10-8-2/h64-68,73H,7-63H2,1-6H3,(H,78,79)(H,80,81)/t66-,67-,68-/m1/s1. The van der Waals surface area contributed by atoms with E-state index in [9.17, 15) is 43.2 Å². The van der Waals surface area contributed by atoms with Crippen LogP contribution in [0.3, 0.4) is 0 Å². The molecule has 0 saturated carbocycles. The van der Waals surface area contributed by atoms with Gasteiger partial charge in [-0.25, -0.2) is 9.13 Å². The third kappa shape index (κ3) is 66.5. The van der Waals surface area contributed by atoms with Gasteiger partial charge in [-0.3, -0.25) is 37.3 Å². The molecule has 91 heavy (non-hydrogen) atoms. The summed E-state index contributed by atoms with van der Waals surface area (Å²) in [5.74, 6) is -0.620. The molecule has 17 nitrogen and oxygen atoms in total. The predicted octanol–water partition coefficient (Wildman–Crippen LogP) is 20.8. The van der Waals surface area contributed by atoms with Crippen molar-refractivity contribution < 1.29 is 80.2 Å². The zero-order chi connectivity index (χ0) is 67.2. The van der Waals surface area contributed by atoms with E-state index in [0.29, 0.717) is 31.6 Å². The van der Waals surface area contributed by atoms with E-state index in [2.05, 4.69) is 41.5 Å². The second-order valence-corrected chi connectivity index (χ2v) is 29.8. The smallest absolute Gasteiger partial charge is 0.462 e. The lowest BCUT2D eigenvalue weighted by Crippen LogP contribution is -2.30. The number of aliphatic hydroxyl groups is 1. The van der Waals surface area contributed by atoms with Crippen LogP contribution in [0, 0.1) is 11.8 Å². The van der Waals surface area contributed by atoms with Gasteiger partial charge in [0.1, 0.15) is 19.3 Å². The van der Waals surface area contributed by atoms with Gasteiger partial charge >= 0.3 is 39.5 Å². The number of hydrogen-bond acceptors (Lipinski definition) is 15. The van der Waals surface area contributed by atoms with Gasteiger partial charge in [-0.15, -0.1) is 0 Å². The molecule has 0 radical (unpaired) electrons. The van der Waals surface area contributed by atoms with Crippen molar-refractivity contribution in [3.8, 4) is 0 Å². The van der Waals surface area contributed by atoms with Crippen LogP contribution >= 0.6 is 15.6 Å². The molecule has 0 aliphatic rings. The number of phosphoric ester groups is 2. The second kappa shape index (κ2) is 64.1. The van der Waals surface area contributed by atoms with Crippen molar-refractivity contribution in [2.45, 2.75) is 387 Å². The summed E-state index contributed by atoms with van der Waals surface area (Å²) < 4.78 is 68.3. The Morgan fingerprint density at radius 2 is 0.505 bits per heavy atom. The fourth-order valence-electron chi connectivity index (χ4n) is 10.9. The van der Waals surface area contributed by atoms with E-state index in [1.807, 2.05) is 0 Å². The molecule has 19 heteroatoms. The summed E-state index contributed by atoms with van der Waals surface area (Å²) in [6, 6.07) is 0. The second-order valence-electron chi connectivity index (χ2n) is 26.9. The minimum atomic E-state index is -4.95. The van der Waals surface area contributed by atoms with Crippen LogP contribution in [0.5, 0.6) is 0 Å². The van der Waals surface area contributed by atoms with Crippen LogP contribution in [-0.2, 0) is 65.4 Å². The average molecular weight is 1340 g/mol. The predicted molar refractivity (Wildman–Crippen MR) is 368 cm³/mol. The highest BCUT2D eigenvalue weighted by Gasteiger charge is 2.30. The van der Waals surface area contributed by atoms with E-state index in [-0.39, 0.29) is 25.7 Å². The maximum atomic E-state index is 13.0. The molecule has 0 aliphatic heterocycles. The van der Waals surface area contributed by atoms with Crippen molar-refractivity contribution in [1.29, 1.82) is 0 Å². The summed E-state index contributed by atoms with van der Waals surface area (Å²) in [5, 5.41) is 10.6. The first-order chi connectivity index (χ1) is 43.9. The van der Waals surface area contributed by atoms with Gasteiger partial charge in [0, 0.05) is 25.7 Å². The van der Waals surface area contributed by atoms with Gasteiger partial charge in [-0.1, -0.05) is 318 Å². The quantitative estimate of drug-likeness (QED) is 0.0222. The fourth-order valence-corrected chi connectivity index (χ4v) is 12.5. The molecule has 0 amide bonds. The molecule has 0 aromatic heterocycles. The molecular weight excluding hydrogens is 1200 g/mol. The van der Waals surface area contributed by atoms with Gasteiger partial charge in [0.2, 0.25) is 0 Å². The van der Waals surface area contributed by atoms with E-state index in [0.717, 1.165) is 102 Å². The number of aliphatic hydroxyl groups excluding tert-OH is 1. The minimum Gasteiger partial charge on any atom is -0.462 e. The molecule has 0 saturated heterocycles. The molecular formula is C72H140O17P2. The number of unbranched alkanes of at least 4 members (excludes halogenated alkanes) is 41. The highest BCUT2D eigenvalue weighted by molar-refractivity contribution is 7.47. The van der Waals surface area contributed by atoms with Crippen molar-refractivity contribution in [2.24, 2.45) is 11.8 Å². The summed E-state index contributed by atoms with van der Waals surface area (Å²) in [6.07, 6.45) is 49.9. The molecule has 2 unspecified atom stereocenters. The molecule has 0 aromatic rings. The van der Waals surface area contributed by atoms with Gasteiger partial charge < -0.3 is 33.8 Å². The van der Waals surface area contributed by atoms with Crippen LogP contribution in [-0.4, -0.2) is 96.7 Å². The molecule has 0 rings (SSSR count). The zero-order valence-electron chi connectivity index (χ0n) is 59.1. The van der Waals surface area contributed by atoms with Crippen molar-refractivity contribution in [3.63, 3.8) is 0 Å². The first kappa shape index (κ1) is 89.1. The zero-order valence-corrected chi connectivity index (χ0v) is 60.9. The average Bonchev–Trinajstić information content (AvgIpc) is 3.21. The SMILES string of the molecule is CCCCCCCCCCCCCCCC(=O)OC[C@H](COP(=O)(O)OC[C@@H](O)COP(=O)(O)OC[C@@H](COC(=O)CCCCCCCCCC(C)C)OC(=O)CCCCCCCCCCCCC)OC(=O)CCCCCCCCCCCCCCCCC(C)C. The monoisotopic (exact) mass is 1340 g/mol. The highest BCUT2D eigenvalue weighted by Crippen LogP contribution is 2.45. The summed E-state index contributed by atoms with van der Waals surface area (Å²) in [5.41, 5.74) is 0. The highest BCUT2D eigenvalue weighted by atomic mass is 31.2. The van der Waals surface area contributed by atoms with Crippen LogP contribution in [0.4, 0.5) is 0 Å².